The molecule has 0 rings (SSSR count). The van der Waals surface area contributed by atoms with Crippen molar-refractivity contribution in [2.45, 2.75) is 158 Å². The topological polar surface area (TPSA) is 0 Å². The van der Waals surface area contributed by atoms with Crippen molar-refractivity contribution < 1.29 is 0 Å². The van der Waals surface area contributed by atoms with Gasteiger partial charge in [0.2, 0.25) is 0 Å². The second kappa shape index (κ2) is 24.0. The van der Waals surface area contributed by atoms with Crippen LogP contribution < -0.4 is 0 Å². The minimum absolute atomic E-state index is 1.02. The van der Waals surface area contributed by atoms with E-state index in [2.05, 4.69) is 48.5 Å². The molecular formula is C27H58. The lowest BCUT2D eigenvalue weighted by Crippen LogP contribution is -2.15. The fraction of sp³-hybridized carbons (Fsp3) is 1.00. The summed E-state index contributed by atoms with van der Waals surface area (Å²) in [6.07, 6.45) is 24.2. The molecule has 0 aromatic carbocycles. The van der Waals surface area contributed by atoms with Crippen LogP contribution in [0.15, 0.2) is 0 Å². The molecule has 0 nitrogen and oxygen atoms in total. The van der Waals surface area contributed by atoms with Crippen LogP contribution in [0.5, 0.6) is 0 Å². The molecule has 166 valence electrons. The molecule has 0 fully saturated rings. The van der Waals surface area contributed by atoms with Gasteiger partial charge in [0, 0.05) is 0 Å². The van der Waals surface area contributed by atoms with Crippen LogP contribution >= 0.6 is 0 Å². The summed E-state index contributed by atoms with van der Waals surface area (Å²) < 4.78 is 0. The average molecular weight is 383 g/mol. The van der Waals surface area contributed by atoms with Crippen molar-refractivity contribution in [1.29, 1.82) is 0 Å². The van der Waals surface area contributed by atoms with Crippen molar-refractivity contribution in [1.82, 2.24) is 0 Å². The first-order chi connectivity index (χ1) is 13.1. The van der Waals surface area contributed by atoms with E-state index >= 15 is 0 Å². The Hall–Kier alpha value is 0. The van der Waals surface area contributed by atoms with Gasteiger partial charge in [-0.05, 0) is 17.8 Å². The van der Waals surface area contributed by atoms with Gasteiger partial charge in [0.05, 0.1) is 0 Å². The summed E-state index contributed by atoms with van der Waals surface area (Å²) in [5.41, 5.74) is 0. The van der Waals surface area contributed by atoms with E-state index in [0.717, 1.165) is 17.8 Å². The molecule has 0 aliphatic heterocycles. The summed E-state index contributed by atoms with van der Waals surface area (Å²) in [6.45, 7) is 16.2. The molecule has 0 heteroatoms. The summed E-state index contributed by atoms with van der Waals surface area (Å²) in [5, 5.41) is 0. The molecule has 0 radical (unpaired) electrons. The maximum atomic E-state index is 2.34. The maximum Gasteiger partial charge on any atom is -0.0386 e. The van der Waals surface area contributed by atoms with E-state index in [1.807, 2.05) is 0 Å². The number of hydrogen-bond donors (Lipinski definition) is 0. The fourth-order valence-electron chi connectivity index (χ4n) is 4.64. The number of unbranched alkanes of at least 4 members (excludes halogenated alkanes) is 3. The largest absolute Gasteiger partial charge is 0.0654 e. The lowest BCUT2D eigenvalue weighted by molar-refractivity contribution is 0.251. The van der Waals surface area contributed by atoms with Crippen LogP contribution in [0, 0.1) is 17.8 Å². The summed E-state index contributed by atoms with van der Waals surface area (Å²) in [7, 11) is 0. The third kappa shape index (κ3) is 19.1. The van der Waals surface area contributed by atoms with Crippen LogP contribution in [0.25, 0.3) is 0 Å². The van der Waals surface area contributed by atoms with Gasteiger partial charge in [-0.1, -0.05) is 158 Å². The van der Waals surface area contributed by atoms with Gasteiger partial charge in [0.15, 0.2) is 0 Å². The van der Waals surface area contributed by atoms with Crippen molar-refractivity contribution in [3.63, 3.8) is 0 Å². The summed E-state index contributed by atoms with van der Waals surface area (Å²) in [6, 6.07) is 0. The highest BCUT2D eigenvalue weighted by Gasteiger charge is 2.18. The quantitative estimate of drug-likeness (QED) is 0.221. The smallest absolute Gasteiger partial charge is 0.0386 e. The summed E-state index contributed by atoms with van der Waals surface area (Å²) in [4.78, 5) is 0. The minimum Gasteiger partial charge on any atom is -0.0654 e. The Kier molecular flexibility index (Phi) is 26.0. The molecule has 1 atom stereocenters. The van der Waals surface area contributed by atoms with Crippen LogP contribution in [-0.4, -0.2) is 0 Å². The molecular weight excluding hydrogens is 324 g/mol. The monoisotopic (exact) mass is 382 g/mol. The van der Waals surface area contributed by atoms with Crippen LogP contribution in [0.4, 0.5) is 0 Å². The zero-order chi connectivity index (χ0) is 20.8. The molecule has 0 N–H and O–H groups in total. The van der Waals surface area contributed by atoms with Gasteiger partial charge in [-0.2, -0.15) is 0 Å². The summed E-state index contributed by atoms with van der Waals surface area (Å²) in [5.74, 6) is 3.08. The van der Waals surface area contributed by atoms with E-state index in [1.165, 1.54) is 109 Å². The Morgan fingerprint density at radius 3 is 1.00 bits per heavy atom. The van der Waals surface area contributed by atoms with Gasteiger partial charge in [0.1, 0.15) is 0 Å². The van der Waals surface area contributed by atoms with E-state index in [1.54, 1.807) is 0 Å². The van der Waals surface area contributed by atoms with Crippen LogP contribution in [0.3, 0.4) is 0 Å². The predicted molar refractivity (Wildman–Crippen MR) is 129 cm³/mol. The Balaban J connectivity index is 0. The van der Waals surface area contributed by atoms with E-state index < -0.39 is 0 Å². The second-order valence-corrected chi connectivity index (χ2v) is 8.97. The van der Waals surface area contributed by atoms with Crippen molar-refractivity contribution in [2.24, 2.45) is 17.8 Å². The highest BCUT2D eigenvalue weighted by atomic mass is 14.2. The van der Waals surface area contributed by atoms with Gasteiger partial charge in [-0.25, -0.2) is 0 Å². The van der Waals surface area contributed by atoms with Crippen LogP contribution in [-0.2, 0) is 0 Å². The molecule has 1 unspecified atom stereocenters. The van der Waals surface area contributed by atoms with E-state index in [-0.39, 0.29) is 0 Å². The molecule has 27 heavy (non-hydrogen) atoms. The van der Waals surface area contributed by atoms with E-state index in [0.29, 0.717) is 0 Å². The van der Waals surface area contributed by atoms with Crippen molar-refractivity contribution in [2.75, 3.05) is 0 Å². The maximum absolute atomic E-state index is 2.34. The first-order valence-electron chi connectivity index (χ1n) is 13.1. The van der Waals surface area contributed by atoms with E-state index in [4.69, 9.17) is 0 Å². The van der Waals surface area contributed by atoms with E-state index in [9.17, 15) is 0 Å². The van der Waals surface area contributed by atoms with Gasteiger partial charge < -0.3 is 0 Å². The lowest BCUT2D eigenvalue weighted by atomic mass is 9.79. The average Bonchev–Trinajstić information content (AvgIpc) is 2.67. The molecule has 0 heterocycles. The fourth-order valence-corrected chi connectivity index (χ4v) is 4.64. The first kappa shape index (κ1) is 29.2. The van der Waals surface area contributed by atoms with Crippen molar-refractivity contribution in [3.8, 4) is 0 Å². The standard InChI is InChI=1S/C15H32.C12H26/c1-5-9-13-15(12-8-4)14(10-6-2)11-7-3;1-4-7-10-12(9-6-3)11-8-5-2/h14-15H,5-13H2,1-4H3;12H,4-11H2,1-3H3. The molecule has 0 aromatic heterocycles. The van der Waals surface area contributed by atoms with Gasteiger partial charge >= 0.3 is 0 Å². The Bertz CT molecular complexity index is 230. The van der Waals surface area contributed by atoms with Crippen molar-refractivity contribution >= 4 is 0 Å². The number of rotatable bonds is 18. The normalized spacial score (nSPS) is 12.3. The predicted octanol–water partition coefficient (Wildman–Crippen LogP) is 10.6. The molecule has 0 spiro atoms. The van der Waals surface area contributed by atoms with Gasteiger partial charge in [0.25, 0.3) is 0 Å². The third-order valence-corrected chi connectivity index (χ3v) is 6.20. The molecule has 0 saturated carbocycles. The summed E-state index contributed by atoms with van der Waals surface area (Å²) >= 11 is 0. The third-order valence-electron chi connectivity index (χ3n) is 6.20. The lowest BCUT2D eigenvalue weighted by Gasteiger charge is -2.26. The first-order valence-corrected chi connectivity index (χ1v) is 13.1. The molecule has 0 bridgehead atoms. The minimum atomic E-state index is 1.02. The van der Waals surface area contributed by atoms with Gasteiger partial charge in [-0.15, -0.1) is 0 Å². The highest BCUT2D eigenvalue weighted by Crippen LogP contribution is 2.30. The van der Waals surface area contributed by atoms with Crippen molar-refractivity contribution in [3.05, 3.63) is 0 Å². The molecule has 0 amide bonds. The SMILES string of the molecule is CCCCC(CCC)C(CCC)CCC.CCCCC(CCC)CCCC. The molecule has 0 aromatic rings. The highest BCUT2D eigenvalue weighted by molar-refractivity contribution is 4.70. The van der Waals surface area contributed by atoms with Gasteiger partial charge in [-0.3, -0.25) is 0 Å². The molecule has 0 aliphatic rings. The Labute approximate surface area is 175 Å². The molecule has 0 aliphatic carbocycles. The molecule has 0 saturated heterocycles. The van der Waals surface area contributed by atoms with Crippen LogP contribution in [0.1, 0.15) is 158 Å². The zero-order valence-corrected chi connectivity index (χ0v) is 20.8. The number of hydrogen-bond acceptors (Lipinski definition) is 0. The second-order valence-electron chi connectivity index (χ2n) is 8.97. The zero-order valence-electron chi connectivity index (χ0n) is 20.8. The Morgan fingerprint density at radius 2 is 0.667 bits per heavy atom. The van der Waals surface area contributed by atoms with Crippen LogP contribution in [0.2, 0.25) is 0 Å². The Morgan fingerprint density at radius 1 is 0.333 bits per heavy atom.